The van der Waals surface area contributed by atoms with Gasteiger partial charge in [0.25, 0.3) is 0 Å². The van der Waals surface area contributed by atoms with E-state index in [-0.39, 0.29) is 12.1 Å². The third kappa shape index (κ3) is 3.71. The molecule has 0 aliphatic carbocycles. The first-order chi connectivity index (χ1) is 9.17. The highest BCUT2D eigenvalue weighted by Gasteiger charge is 2.20. The first kappa shape index (κ1) is 14.4. The molecule has 1 heterocycles. The van der Waals surface area contributed by atoms with Crippen LogP contribution in [-0.2, 0) is 12.8 Å². The molecule has 3 heteroatoms. The highest BCUT2D eigenvalue weighted by molar-refractivity contribution is 5.39. The predicted molar refractivity (Wildman–Crippen MR) is 77.7 cm³/mol. The van der Waals surface area contributed by atoms with Crippen molar-refractivity contribution in [2.75, 3.05) is 19.8 Å². The van der Waals surface area contributed by atoms with E-state index in [9.17, 15) is 0 Å². The molecular formula is C16H25NO2. The first-order valence-electron chi connectivity index (χ1n) is 7.27. The zero-order chi connectivity index (χ0) is 13.7. The fourth-order valence-electron chi connectivity index (χ4n) is 2.54. The fourth-order valence-corrected chi connectivity index (χ4v) is 2.54. The molecule has 0 amide bonds. The molecule has 1 atom stereocenters. The van der Waals surface area contributed by atoms with E-state index in [2.05, 4.69) is 37.4 Å². The lowest BCUT2D eigenvalue weighted by Gasteiger charge is -2.29. The molecule has 0 aromatic heterocycles. The Hall–Kier alpha value is -1.06. The quantitative estimate of drug-likeness (QED) is 0.793. The van der Waals surface area contributed by atoms with Crippen LogP contribution in [0.15, 0.2) is 18.2 Å². The second-order valence-corrected chi connectivity index (χ2v) is 5.61. The maximum atomic E-state index is 9.10. The number of hydrogen-bond acceptors (Lipinski definition) is 3. The van der Waals surface area contributed by atoms with Crippen molar-refractivity contribution < 1.29 is 9.84 Å². The summed E-state index contributed by atoms with van der Waals surface area (Å²) in [5.74, 6) is 1.05. The van der Waals surface area contributed by atoms with Crippen molar-refractivity contribution in [3.63, 3.8) is 0 Å². The molecule has 0 saturated heterocycles. The smallest absolute Gasteiger partial charge is 0.122 e. The number of ether oxygens (including phenoxy) is 1. The van der Waals surface area contributed by atoms with Gasteiger partial charge in [-0.15, -0.1) is 0 Å². The molecule has 0 bridgehead atoms. The third-order valence-electron chi connectivity index (χ3n) is 4.16. The number of rotatable bonds is 7. The minimum absolute atomic E-state index is 0.0502. The van der Waals surface area contributed by atoms with Crippen LogP contribution in [0.3, 0.4) is 0 Å². The van der Waals surface area contributed by atoms with Gasteiger partial charge >= 0.3 is 0 Å². The molecule has 0 spiro atoms. The van der Waals surface area contributed by atoms with Crippen molar-refractivity contribution >= 4 is 0 Å². The third-order valence-corrected chi connectivity index (χ3v) is 4.16. The number of fused-ring (bicyclic) bond motifs is 1. The Labute approximate surface area is 116 Å². The summed E-state index contributed by atoms with van der Waals surface area (Å²) in [5, 5.41) is 12.7. The molecular weight excluding hydrogens is 238 g/mol. The molecule has 1 unspecified atom stereocenters. The van der Waals surface area contributed by atoms with Gasteiger partial charge in [-0.2, -0.15) is 0 Å². The highest BCUT2D eigenvalue weighted by Crippen LogP contribution is 2.26. The van der Waals surface area contributed by atoms with E-state index in [1.54, 1.807) is 0 Å². The largest absolute Gasteiger partial charge is 0.493 e. The van der Waals surface area contributed by atoms with Crippen LogP contribution in [0.5, 0.6) is 5.75 Å². The van der Waals surface area contributed by atoms with Crippen LogP contribution in [0.25, 0.3) is 0 Å². The van der Waals surface area contributed by atoms with Gasteiger partial charge in [0.15, 0.2) is 0 Å². The molecule has 1 aliphatic heterocycles. The van der Waals surface area contributed by atoms with Gasteiger partial charge in [-0.05, 0) is 49.9 Å². The van der Waals surface area contributed by atoms with Crippen LogP contribution in [0.1, 0.15) is 37.8 Å². The van der Waals surface area contributed by atoms with Crippen molar-refractivity contribution in [3.8, 4) is 5.75 Å². The van der Waals surface area contributed by atoms with Crippen molar-refractivity contribution in [3.05, 3.63) is 29.3 Å². The predicted octanol–water partition coefficient (Wildman–Crippen LogP) is 2.30. The molecule has 0 radical (unpaired) electrons. The lowest BCUT2D eigenvalue weighted by atomic mass is 9.94. The Bertz CT molecular complexity index is 419. The van der Waals surface area contributed by atoms with Crippen LogP contribution in [0.4, 0.5) is 0 Å². The zero-order valence-electron chi connectivity index (χ0n) is 12.0. The lowest BCUT2D eigenvalue weighted by molar-refractivity contribution is 0.216. The second-order valence-electron chi connectivity index (χ2n) is 5.61. The van der Waals surface area contributed by atoms with Gasteiger partial charge in [0.1, 0.15) is 5.75 Å². The van der Waals surface area contributed by atoms with Crippen molar-refractivity contribution in [1.29, 1.82) is 0 Å². The molecule has 0 saturated carbocycles. The molecule has 106 valence electrons. The van der Waals surface area contributed by atoms with Gasteiger partial charge < -0.3 is 15.2 Å². The first-order valence-corrected chi connectivity index (χ1v) is 7.27. The Kier molecular flexibility index (Phi) is 4.83. The molecule has 2 N–H and O–H groups in total. The summed E-state index contributed by atoms with van der Waals surface area (Å²) in [6.07, 6.45) is 3.90. The van der Waals surface area contributed by atoms with Gasteiger partial charge in [0.05, 0.1) is 6.61 Å². The van der Waals surface area contributed by atoms with E-state index in [0.29, 0.717) is 0 Å². The molecule has 1 aromatic rings. The number of hydrogen-bond donors (Lipinski definition) is 2. The van der Waals surface area contributed by atoms with Gasteiger partial charge in [-0.1, -0.05) is 19.1 Å². The van der Waals surface area contributed by atoms with Crippen LogP contribution < -0.4 is 10.1 Å². The minimum Gasteiger partial charge on any atom is -0.493 e. The summed E-state index contributed by atoms with van der Waals surface area (Å²) < 4.78 is 5.52. The van der Waals surface area contributed by atoms with E-state index < -0.39 is 0 Å². The lowest BCUT2D eigenvalue weighted by Crippen LogP contribution is -2.43. The number of aliphatic hydroxyl groups excluding tert-OH is 1. The SMILES string of the molecule is CCC(C)(CCO)NCCc1ccc2c(c1)CCO2. The highest BCUT2D eigenvalue weighted by atomic mass is 16.5. The van der Waals surface area contributed by atoms with Crippen LogP contribution in [0, 0.1) is 0 Å². The summed E-state index contributed by atoms with van der Waals surface area (Å²) in [4.78, 5) is 0. The van der Waals surface area contributed by atoms with Crippen molar-refractivity contribution in [2.45, 2.75) is 45.1 Å². The Morgan fingerprint density at radius 3 is 3.00 bits per heavy atom. The summed E-state index contributed by atoms with van der Waals surface area (Å²) >= 11 is 0. The number of benzene rings is 1. The molecule has 1 aliphatic rings. The maximum absolute atomic E-state index is 9.10. The molecule has 19 heavy (non-hydrogen) atoms. The van der Waals surface area contributed by atoms with Gasteiger partial charge in [0, 0.05) is 18.6 Å². The summed E-state index contributed by atoms with van der Waals surface area (Å²) in [5.41, 5.74) is 2.75. The average molecular weight is 263 g/mol. The average Bonchev–Trinajstić information content (AvgIpc) is 2.86. The topological polar surface area (TPSA) is 41.5 Å². The van der Waals surface area contributed by atoms with Crippen LogP contribution in [-0.4, -0.2) is 30.4 Å². The molecule has 1 aromatic carbocycles. The van der Waals surface area contributed by atoms with E-state index in [1.165, 1.54) is 11.1 Å². The Morgan fingerprint density at radius 1 is 1.42 bits per heavy atom. The Morgan fingerprint density at radius 2 is 2.26 bits per heavy atom. The summed E-state index contributed by atoms with van der Waals surface area (Å²) in [7, 11) is 0. The maximum Gasteiger partial charge on any atom is 0.122 e. The number of nitrogens with one attached hydrogen (secondary N) is 1. The van der Waals surface area contributed by atoms with E-state index in [0.717, 1.165) is 44.6 Å². The summed E-state index contributed by atoms with van der Waals surface area (Å²) in [6, 6.07) is 6.50. The number of aliphatic hydroxyl groups is 1. The van der Waals surface area contributed by atoms with E-state index in [1.807, 2.05) is 0 Å². The minimum atomic E-state index is 0.0502. The van der Waals surface area contributed by atoms with Gasteiger partial charge in [-0.25, -0.2) is 0 Å². The van der Waals surface area contributed by atoms with E-state index in [4.69, 9.17) is 9.84 Å². The standard InChI is InChI=1S/C16H25NO2/c1-3-16(2,8-10-18)17-9-6-13-4-5-15-14(12-13)7-11-19-15/h4-5,12,17-18H,3,6-11H2,1-2H3. The fraction of sp³-hybridized carbons (Fsp3) is 0.625. The summed E-state index contributed by atoms with van der Waals surface area (Å²) in [6.45, 7) is 6.36. The Balaban J connectivity index is 1.85. The zero-order valence-corrected chi connectivity index (χ0v) is 12.0. The van der Waals surface area contributed by atoms with Crippen LogP contribution >= 0.6 is 0 Å². The van der Waals surface area contributed by atoms with Crippen molar-refractivity contribution in [1.82, 2.24) is 5.32 Å². The second kappa shape index (κ2) is 6.40. The normalized spacial score (nSPS) is 16.8. The van der Waals surface area contributed by atoms with Crippen molar-refractivity contribution in [2.24, 2.45) is 0 Å². The van der Waals surface area contributed by atoms with Gasteiger partial charge in [0.2, 0.25) is 0 Å². The molecule has 2 rings (SSSR count). The van der Waals surface area contributed by atoms with Gasteiger partial charge in [-0.3, -0.25) is 0 Å². The molecule has 0 fully saturated rings. The van der Waals surface area contributed by atoms with E-state index >= 15 is 0 Å². The molecule has 3 nitrogen and oxygen atoms in total. The monoisotopic (exact) mass is 263 g/mol. The van der Waals surface area contributed by atoms with Crippen LogP contribution in [0.2, 0.25) is 0 Å².